The molecule has 1 aliphatic rings. The Morgan fingerprint density at radius 2 is 2.23 bits per heavy atom. The number of halogens is 1. The highest BCUT2D eigenvalue weighted by molar-refractivity contribution is 9.10. The lowest BCUT2D eigenvalue weighted by Gasteiger charge is -2.14. The molecule has 70 valence electrons. The molecule has 1 N–H and O–H groups in total. The third-order valence-electron chi connectivity index (χ3n) is 2.40. The highest BCUT2D eigenvalue weighted by atomic mass is 79.9. The van der Waals surface area contributed by atoms with Crippen molar-refractivity contribution >= 4 is 27.7 Å². The number of fused-ring (bicyclic) bond motifs is 1. The number of rotatable bonds is 1. The Bertz CT molecular complexity index is 327. The molecule has 3 heteroatoms. The van der Waals surface area contributed by atoms with Gasteiger partial charge < -0.3 is 5.32 Å². The quantitative estimate of drug-likeness (QED) is 0.830. The summed E-state index contributed by atoms with van der Waals surface area (Å²) in [5.74, 6) is 0. The predicted octanol–water partition coefficient (Wildman–Crippen LogP) is 3.20. The molecule has 2 rings (SSSR count). The van der Waals surface area contributed by atoms with Gasteiger partial charge in [0.25, 0.3) is 0 Å². The van der Waals surface area contributed by atoms with E-state index in [-0.39, 0.29) is 0 Å². The SMILES string of the molecule is CNC1c2cc(Br)ccc2SC1C. The van der Waals surface area contributed by atoms with E-state index in [4.69, 9.17) is 0 Å². The van der Waals surface area contributed by atoms with Crippen molar-refractivity contribution in [3.8, 4) is 0 Å². The van der Waals surface area contributed by atoms with Gasteiger partial charge in [-0.3, -0.25) is 0 Å². The van der Waals surface area contributed by atoms with Gasteiger partial charge in [-0.1, -0.05) is 22.9 Å². The molecule has 1 heterocycles. The average Bonchev–Trinajstić information content (AvgIpc) is 2.40. The van der Waals surface area contributed by atoms with E-state index in [0.29, 0.717) is 11.3 Å². The Balaban J connectivity index is 2.44. The first-order valence-corrected chi connectivity index (χ1v) is 6.03. The van der Waals surface area contributed by atoms with Gasteiger partial charge in [0.2, 0.25) is 0 Å². The first kappa shape index (κ1) is 9.56. The second kappa shape index (κ2) is 3.64. The van der Waals surface area contributed by atoms with Gasteiger partial charge in [0.15, 0.2) is 0 Å². The summed E-state index contributed by atoms with van der Waals surface area (Å²) in [6.07, 6.45) is 0. The molecule has 2 atom stereocenters. The summed E-state index contributed by atoms with van der Waals surface area (Å²) in [5.41, 5.74) is 1.43. The van der Waals surface area contributed by atoms with Crippen LogP contribution in [-0.4, -0.2) is 12.3 Å². The highest BCUT2D eigenvalue weighted by Crippen LogP contribution is 2.44. The van der Waals surface area contributed by atoms with Crippen LogP contribution in [0.3, 0.4) is 0 Å². The van der Waals surface area contributed by atoms with Gasteiger partial charge in [-0.25, -0.2) is 0 Å². The minimum atomic E-state index is 0.498. The summed E-state index contributed by atoms with van der Waals surface area (Å²) >= 11 is 5.45. The van der Waals surface area contributed by atoms with Crippen molar-refractivity contribution in [2.24, 2.45) is 0 Å². The highest BCUT2D eigenvalue weighted by Gasteiger charge is 2.28. The molecule has 0 radical (unpaired) electrons. The van der Waals surface area contributed by atoms with Crippen LogP contribution < -0.4 is 5.32 Å². The molecule has 0 aromatic heterocycles. The Kier molecular flexibility index (Phi) is 2.67. The van der Waals surface area contributed by atoms with E-state index < -0.39 is 0 Å². The normalized spacial score (nSPS) is 26.1. The van der Waals surface area contributed by atoms with Gasteiger partial charge in [0, 0.05) is 20.7 Å². The lowest BCUT2D eigenvalue weighted by atomic mass is 10.1. The standard InChI is InChI=1S/C10H12BrNS/c1-6-10(12-2)8-5-7(11)3-4-9(8)13-6/h3-6,10,12H,1-2H3. The molecule has 0 spiro atoms. The Hall–Kier alpha value is 0.01000. The maximum atomic E-state index is 3.50. The number of thioether (sulfide) groups is 1. The molecular formula is C10H12BrNS. The van der Waals surface area contributed by atoms with E-state index in [1.54, 1.807) is 0 Å². The molecule has 1 aromatic carbocycles. The molecule has 0 fully saturated rings. The van der Waals surface area contributed by atoms with Crippen LogP contribution in [0, 0.1) is 0 Å². The van der Waals surface area contributed by atoms with Crippen molar-refractivity contribution in [2.75, 3.05) is 7.05 Å². The summed E-state index contributed by atoms with van der Waals surface area (Å²) in [6.45, 7) is 2.26. The number of hydrogen-bond donors (Lipinski definition) is 1. The molecule has 0 saturated heterocycles. The summed E-state index contributed by atoms with van der Waals surface area (Å²) in [7, 11) is 2.03. The van der Waals surface area contributed by atoms with Crippen molar-refractivity contribution in [2.45, 2.75) is 23.1 Å². The van der Waals surface area contributed by atoms with Gasteiger partial charge in [0.1, 0.15) is 0 Å². The Morgan fingerprint density at radius 1 is 1.46 bits per heavy atom. The van der Waals surface area contributed by atoms with Gasteiger partial charge in [-0.2, -0.15) is 0 Å². The summed E-state index contributed by atoms with van der Waals surface area (Å²) in [4.78, 5) is 1.41. The smallest absolute Gasteiger partial charge is 0.0450 e. The zero-order valence-electron chi connectivity index (χ0n) is 7.67. The third-order valence-corrected chi connectivity index (χ3v) is 4.16. The van der Waals surface area contributed by atoms with Crippen LogP contribution in [0.25, 0.3) is 0 Å². The summed E-state index contributed by atoms with van der Waals surface area (Å²) < 4.78 is 1.17. The van der Waals surface area contributed by atoms with Crippen molar-refractivity contribution in [3.63, 3.8) is 0 Å². The monoisotopic (exact) mass is 257 g/mol. The Labute approximate surface area is 91.4 Å². The van der Waals surface area contributed by atoms with Crippen LogP contribution in [0.15, 0.2) is 27.6 Å². The number of hydrogen-bond acceptors (Lipinski definition) is 2. The maximum Gasteiger partial charge on any atom is 0.0450 e. The molecule has 0 amide bonds. The molecule has 1 aromatic rings. The number of nitrogens with one attached hydrogen (secondary N) is 1. The minimum Gasteiger partial charge on any atom is -0.312 e. The van der Waals surface area contributed by atoms with Gasteiger partial charge in [-0.05, 0) is 30.8 Å². The maximum absolute atomic E-state index is 3.50. The fourth-order valence-electron chi connectivity index (χ4n) is 1.78. The number of benzene rings is 1. The second-order valence-corrected chi connectivity index (χ2v) is 5.61. The molecule has 2 unspecified atom stereocenters. The fraction of sp³-hybridized carbons (Fsp3) is 0.400. The average molecular weight is 258 g/mol. The van der Waals surface area contributed by atoms with Crippen LogP contribution in [0.4, 0.5) is 0 Å². The van der Waals surface area contributed by atoms with E-state index in [1.165, 1.54) is 14.9 Å². The van der Waals surface area contributed by atoms with Gasteiger partial charge in [-0.15, -0.1) is 11.8 Å². The van der Waals surface area contributed by atoms with Crippen LogP contribution in [0.5, 0.6) is 0 Å². The topological polar surface area (TPSA) is 12.0 Å². The summed E-state index contributed by atoms with van der Waals surface area (Å²) in [5, 5.41) is 3.99. The van der Waals surface area contributed by atoms with Crippen LogP contribution in [0.1, 0.15) is 18.5 Å². The predicted molar refractivity (Wildman–Crippen MR) is 61.3 cm³/mol. The largest absolute Gasteiger partial charge is 0.312 e. The van der Waals surface area contributed by atoms with Gasteiger partial charge >= 0.3 is 0 Å². The van der Waals surface area contributed by atoms with Crippen LogP contribution in [0.2, 0.25) is 0 Å². The summed E-state index contributed by atoms with van der Waals surface area (Å²) in [6, 6.07) is 7.01. The molecule has 0 aliphatic carbocycles. The van der Waals surface area contributed by atoms with Crippen LogP contribution in [-0.2, 0) is 0 Å². The van der Waals surface area contributed by atoms with Crippen molar-refractivity contribution < 1.29 is 0 Å². The fourth-order valence-corrected chi connectivity index (χ4v) is 3.45. The third kappa shape index (κ3) is 1.65. The molecule has 0 bridgehead atoms. The van der Waals surface area contributed by atoms with Gasteiger partial charge in [0.05, 0.1) is 0 Å². The molecular weight excluding hydrogens is 246 g/mol. The lowest BCUT2D eigenvalue weighted by Crippen LogP contribution is -2.21. The molecule has 1 aliphatic heterocycles. The van der Waals surface area contributed by atoms with E-state index in [2.05, 4.69) is 46.4 Å². The zero-order chi connectivity index (χ0) is 9.42. The van der Waals surface area contributed by atoms with Crippen LogP contribution >= 0.6 is 27.7 Å². The van der Waals surface area contributed by atoms with Crippen molar-refractivity contribution in [3.05, 3.63) is 28.2 Å². The first-order chi connectivity index (χ1) is 6.22. The van der Waals surface area contributed by atoms with Crippen molar-refractivity contribution in [1.82, 2.24) is 5.32 Å². The second-order valence-electron chi connectivity index (χ2n) is 3.27. The first-order valence-electron chi connectivity index (χ1n) is 4.35. The lowest BCUT2D eigenvalue weighted by molar-refractivity contribution is 0.595. The van der Waals surface area contributed by atoms with E-state index in [0.717, 1.165) is 0 Å². The van der Waals surface area contributed by atoms with E-state index in [9.17, 15) is 0 Å². The molecule has 0 saturated carbocycles. The molecule has 1 nitrogen and oxygen atoms in total. The van der Waals surface area contributed by atoms with Crippen molar-refractivity contribution in [1.29, 1.82) is 0 Å². The zero-order valence-corrected chi connectivity index (χ0v) is 10.1. The van der Waals surface area contributed by atoms with E-state index in [1.807, 2.05) is 18.8 Å². The molecule has 13 heavy (non-hydrogen) atoms. The Morgan fingerprint density at radius 3 is 2.92 bits per heavy atom. The van der Waals surface area contributed by atoms with E-state index >= 15 is 0 Å². The minimum absolute atomic E-state index is 0.498.